The Balaban J connectivity index is 1.78. The van der Waals surface area contributed by atoms with Gasteiger partial charge < -0.3 is 10.2 Å². The zero-order valence-corrected chi connectivity index (χ0v) is 18.8. The maximum absolute atomic E-state index is 13.7. The van der Waals surface area contributed by atoms with Gasteiger partial charge in [-0.15, -0.1) is 0 Å². The second kappa shape index (κ2) is 10.00. The Morgan fingerprint density at radius 2 is 1.82 bits per heavy atom. The number of hydrogen-bond donors (Lipinski definition) is 3. The number of rotatable bonds is 9. The molecule has 0 radical (unpaired) electrons. The zero-order valence-electron chi connectivity index (χ0n) is 18.0. The minimum absolute atomic E-state index is 0.107. The Morgan fingerprint density at radius 3 is 2.53 bits per heavy atom. The molecular formula is C23H23N5O5S. The first-order chi connectivity index (χ1) is 16.4. The van der Waals surface area contributed by atoms with Crippen LogP contribution in [-0.2, 0) is 16.4 Å². The molecule has 0 amide bonds. The molecule has 0 aliphatic heterocycles. The smallest absolute Gasteiger partial charge is 0.276 e. The van der Waals surface area contributed by atoms with E-state index in [1.54, 1.807) is 48.8 Å². The Bertz CT molecular complexity index is 1400. The number of anilines is 1. The Morgan fingerprint density at radius 1 is 1.06 bits per heavy atom. The molecule has 1 unspecified atom stereocenters. The first-order valence-corrected chi connectivity index (χ1v) is 11.9. The molecule has 0 fully saturated rings. The Labute approximate surface area is 195 Å². The van der Waals surface area contributed by atoms with E-state index in [9.17, 15) is 23.4 Å². The molecule has 0 aliphatic carbocycles. The van der Waals surface area contributed by atoms with Gasteiger partial charge in [-0.25, -0.2) is 18.1 Å². The molecule has 0 bridgehead atoms. The summed E-state index contributed by atoms with van der Waals surface area (Å²) in [5.41, 5.74) is 1.09. The van der Waals surface area contributed by atoms with Gasteiger partial charge in [0.25, 0.3) is 15.6 Å². The van der Waals surface area contributed by atoms with E-state index in [4.69, 9.17) is 0 Å². The van der Waals surface area contributed by atoms with Gasteiger partial charge in [-0.2, -0.15) is 0 Å². The lowest BCUT2D eigenvalue weighted by Gasteiger charge is -2.26. The molecule has 0 aliphatic rings. The van der Waals surface area contributed by atoms with Crippen LogP contribution in [0.25, 0.3) is 5.82 Å². The van der Waals surface area contributed by atoms with E-state index in [0.717, 1.165) is 14.6 Å². The SMILES string of the molecule is O=c1c(Cc2cccnc2)c[nH]n1-c1ncccc1S(=O)(=O)N(CC(O)CO)c1ccccc1. The number of sulfonamides is 1. The monoisotopic (exact) mass is 481 g/mol. The highest BCUT2D eigenvalue weighted by Crippen LogP contribution is 2.26. The lowest BCUT2D eigenvalue weighted by atomic mass is 10.1. The fraction of sp³-hybridized carbons (Fsp3) is 0.174. The molecule has 4 rings (SSSR count). The average molecular weight is 482 g/mol. The minimum atomic E-state index is -4.29. The predicted molar refractivity (Wildman–Crippen MR) is 125 cm³/mol. The van der Waals surface area contributed by atoms with Crippen LogP contribution in [0.5, 0.6) is 0 Å². The lowest BCUT2D eigenvalue weighted by molar-refractivity contribution is 0.102. The number of aliphatic hydroxyl groups is 2. The van der Waals surface area contributed by atoms with Gasteiger partial charge in [-0.1, -0.05) is 24.3 Å². The van der Waals surface area contributed by atoms with Gasteiger partial charge in [-0.3, -0.25) is 19.2 Å². The van der Waals surface area contributed by atoms with Crippen molar-refractivity contribution < 1.29 is 18.6 Å². The van der Waals surface area contributed by atoms with Gasteiger partial charge >= 0.3 is 0 Å². The van der Waals surface area contributed by atoms with Crippen molar-refractivity contribution >= 4 is 15.7 Å². The van der Waals surface area contributed by atoms with Gasteiger partial charge in [0.15, 0.2) is 5.82 Å². The summed E-state index contributed by atoms with van der Waals surface area (Å²) in [6.45, 7) is -1.00. The highest BCUT2D eigenvalue weighted by Gasteiger charge is 2.31. The van der Waals surface area contributed by atoms with Crippen molar-refractivity contribution in [3.05, 3.63) is 101 Å². The first kappa shape index (κ1) is 23.4. The number of aliphatic hydroxyl groups excluding tert-OH is 2. The van der Waals surface area contributed by atoms with E-state index in [2.05, 4.69) is 15.1 Å². The van der Waals surface area contributed by atoms with Crippen molar-refractivity contribution in [1.29, 1.82) is 0 Å². The number of pyridine rings is 2. The lowest BCUT2D eigenvalue weighted by Crippen LogP contribution is -2.39. The summed E-state index contributed by atoms with van der Waals surface area (Å²) in [6, 6.07) is 14.6. The van der Waals surface area contributed by atoms with E-state index in [-0.39, 0.29) is 17.3 Å². The molecule has 10 nitrogen and oxygen atoms in total. The summed E-state index contributed by atoms with van der Waals surface area (Å²) in [6.07, 6.45) is 5.18. The van der Waals surface area contributed by atoms with Crippen molar-refractivity contribution in [3.8, 4) is 5.82 Å². The second-order valence-corrected chi connectivity index (χ2v) is 9.34. The van der Waals surface area contributed by atoms with Crippen LogP contribution >= 0.6 is 0 Å². The minimum Gasteiger partial charge on any atom is -0.394 e. The van der Waals surface area contributed by atoms with Crippen LogP contribution < -0.4 is 9.86 Å². The molecule has 1 aromatic carbocycles. The van der Waals surface area contributed by atoms with Gasteiger partial charge in [-0.05, 0) is 35.9 Å². The quantitative estimate of drug-likeness (QED) is 0.325. The second-order valence-electron chi connectivity index (χ2n) is 7.51. The molecule has 34 heavy (non-hydrogen) atoms. The van der Waals surface area contributed by atoms with Crippen LogP contribution in [0.15, 0.2) is 89.1 Å². The van der Waals surface area contributed by atoms with Gasteiger partial charge in [0.2, 0.25) is 0 Å². The van der Waals surface area contributed by atoms with Crippen molar-refractivity contribution in [2.24, 2.45) is 0 Å². The van der Waals surface area contributed by atoms with E-state index in [0.29, 0.717) is 17.7 Å². The molecule has 11 heteroatoms. The molecule has 0 saturated heterocycles. The van der Waals surface area contributed by atoms with Crippen LogP contribution in [0.1, 0.15) is 11.1 Å². The molecule has 0 saturated carbocycles. The summed E-state index contributed by atoms with van der Waals surface area (Å²) in [5.74, 6) is -0.107. The van der Waals surface area contributed by atoms with Crippen LogP contribution in [0.3, 0.4) is 0 Å². The van der Waals surface area contributed by atoms with Gasteiger partial charge in [0.05, 0.1) is 24.9 Å². The molecular weight excluding hydrogens is 458 g/mol. The highest BCUT2D eigenvalue weighted by molar-refractivity contribution is 7.93. The largest absolute Gasteiger partial charge is 0.394 e. The number of hydrogen-bond acceptors (Lipinski definition) is 7. The van der Waals surface area contributed by atoms with Crippen molar-refractivity contribution in [1.82, 2.24) is 19.7 Å². The number of para-hydroxylation sites is 1. The number of aromatic amines is 1. The van der Waals surface area contributed by atoms with Gasteiger partial charge in [0.1, 0.15) is 4.90 Å². The van der Waals surface area contributed by atoms with Crippen LogP contribution in [0, 0.1) is 0 Å². The van der Waals surface area contributed by atoms with Crippen LogP contribution in [-0.4, -0.2) is 57.6 Å². The summed E-state index contributed by atoms with van der Waals surface area (Å²) in [4.78, 5) is 21.1. The first-order valence-electron chi connectivity index (χ1n) is 10.4. The summed E-state index contributed by atoms with van der Waals surface area (Å²) in [7, 11) is -4.29. The van der Waals surface area contributed by atoms with E-state index in [1.165, 1.54) is 24.5 Å². The maximum Gasteiger partial charge on any atom is 0.276 e. The van der Waals surface area contributed by atoms with E-state index >= 15 is 0 Å². The van der Waals surface area contributed by atoms with Gasteiger partial charge in [0, 0.05) is 36.8 Å². The fourth-order valence-corrected chi connectivity index (χ4v) is 5.10. The topological polar surface area (TPSA) is 141 Å². The number of aromatic nitrogens is 4. The molecule has 176 valence electrons. The molecule has 0 spiro atoms. The van der Waals surface area contributed by atoms with Crippen LogP contribution in [0.4, 0.5) is 5.69 Å². The predicted octanol–water partition coefficient (Wildman–Crippen LogP) is 1.09. The number of nitrogens with zero attached hydrogens (tertiary/aromatic N) is 4. The number of H-pyrrole nitrogens is 1. The average Bonchev–Trinajstić information content (AvgIpc) is 3.23. The summed E-state index contributed by atoms with van der Waals surface area (Å²) >= 11 is 0. The molecule has 3 heterocycles. The van der Waals surface area contributed by atoms with Crippen molar-refractivity contribution in [2.75, 3.05) is 17.5 Å². The summed E-state index contributed by atoms with van der Waals surface area (Å²) < 4.78 is 29.5. The molecule has 1 atom stereocenters. The Kier molecular flexibility index (Phi) is 6.87. The maximum atomic E-state index is 13.7. The molecule has 3 aromatic heterocycles. The van der Waals surface area contributed by atoms with Crippen molar-refractivity contribution in [2.45, 2.75) is 17.4 Å². The van der Waals surface area contributed by atoms with E-state index in [1.807, 2.05) is 6.07 Å². The zero-order chi connectivity index (χ0) is 24.1. The third-order valence-corrected chi connectivity index (χ3v) is 6.94. The van der Waals surface area contributed by atoms with E-state index < -0.39 is 28.3 Å². The standard InChI is InChI=1S/C23H23N5O5S/c29-16-20(30)15-27(19-7-2-1-3-8-19)34(32,33)21-9-5-11-25-22(21)28-23(31)18(14-26-28)12-17-6-4-10-24-13-17/h1-11,13-14,20,26,29-30H,12,15-16H2. The fourth-order valence-electron chi connectivity index (χ4n) is 3.47. The molecule has 3 N–H and O–H groups in total. The Hall–Kier alpha value is -3.80. The van der Waals surface area contributed by atoms with Crippen LogP contribution in [0.2, 0.25) is 0 Å². The molecule has 4 aromatic rings. The highest BCUT2D eigenvalue weighted by atomic mass is 32.2. The third-order valence-electron chi connectivity index (χ3n) is 5.13. The summed E-state index contributed by atoms with van der Waals surface area (Å²) in [5, 5.41) is 22.2. The third kappa shape index (κ3) is 4.76. The van der Waals surface area contributed by atoms with Crippen molar-refractivity contribution in [3.63, 3.8) is 0 Å². The number of nitrogens with one attached hydrogen (secondary N) is 1. The normalized spacial score (nSPS) is 12.4. The number of benzene rings is 1.